The van der Waals surface area contributed by atoms with Crippen molar-refractivity contribution in [2.75, 3.05) is 13.6 Å². The number of nitrogens with zero attached hydrogens (tertiary/aromatic N) is 2. The molecule has 0 amide bonds. The Kier molecular flexibility index (Phi) is 3.95. The van der Waals surface area contributed by atoms with Gasteiger partial charge in [-0.25, -0.2) is 4.98 Å². The Hall–Kier alpha value is -0.450. The van der Waals surface area contributed by atoms with Crippen LogP contribution >= 0.6 is 11.3 Å². The molecule has 1 N–H and O–H groups in total. The summed E-state index contributed by atoms with van der Waals surface area (Å²) in [6, 6.07) is 1.32. The van der Waals surface area contributed by atoms with Gasteiger partial charge in [-0.2, -0.15) is 0 Å². The first kappa shape index (κ1) is 12.0. The van der Waals surface area contributed by atoms with Crippen LogP contribution in [0.1, 0.15) is 25.3 Å². The van der Waals surface area contributed by atoms with E-state index in [2.05, 4.69) is 36.1 Å². The summed E-state index contributed by atoms with van der Waals surface area (Å²) in [5.74, 6) is 0.723. The van der Waals surface area contributed by atoms with Crippen molar-refractivity contribution in [2.24, 2.45) is 5.92 Å². The van der Waals surface area contributed by atoms with Crippen LogP contribution in [0, 0.1) is 5.92 Å². The predicted octanol–water partition coefficient (Wildman–Crippen LogP) is 1.96. The second-order valence-electron chi connectivity index (χ2n) is 4.91. The number of thiazole rings is 1. The van der Waals surface area contributed by atoms with Crippen molar-refractivity contribution in [2.45, 2.75) is 38.9 Å². The highest BCUT2D eigenvalue weighted by Crippen LogP contribution is 2.21. The lowest BCUT2D eigenvalue weighted by atomic mass is 9.90. The summed E-state index contributed by atoms with van der Waals surface area (Å²) in [5, 5.41) is 6.88. The Morgan fingerprint density at radius 2 is 2.38 bits per heavy atom. The van der Waals surface area contributed by atoms with Gasteiger partial charge in [0.1, 0.15) is 5.01 Å². The predicted molar refractivity (Wildman–Crippen MR) is 68.6 cm³/mol. The first-order valence-corrected chi connectivity index (χ1v) is 6.86. The lowest BCUT2D eigenvalue weighted by molar-refractivity contribution is 0.121. The SMILES string of the molecule is CC1CN(C)C(C)CC1NCc1nccs1. The van der Waals surface area contributed by atoms with E-state index in [1.54, 1.807) is 11.3 Å². The quantitative estimate of drug-likeness (QED) is 0.874. The molecular formula is C12H21N3S. The molecule has 2 heterocycles. The fourth-order valence-corrected chi connectivity index (χ4v) is 2.95. The van der Waals surface area contributed by atoms with Gasteiger partial charge in [-0.3, -0.25) is 0 Å². The molecule has 1 fully saturated rings. The fraction of sp³-hybridized carbons (Fsp3) is 0.750. The average Bonchev–Trinajstić information content (AvgIpc) is 2.74. The number of rotatable bonds is 3. The third-order valence-electron chi connectivity index (χ3n) is 3.61. The molecule has 3 nitrogen and oxygen atoms in total. The highest BCUT2D eigenvalue weighted by atomic mass is 32.1. The lowest BCUT2D eigenvalue weighted by Gasteiger charge is -2.40. The number of aromatic nitrogens is 1. The van der Waals surface area contributed by atoms with Crippen LogP contribution in [-0.4, -0.2) is 35.6 Å². The first-order valence-electron chi connectivity index (χ1n) is 5.99. The molecule has 1 aromatic heterocycles. The van der Waals surface area contributed by atoms with Gasteiger partial charge in [0, 0.05) is 36.8 Å². The number of likely N-dealkylation sites (tertiary alicyclic amines) is 1. The van der Waals surface area contributed by atoms with Crippen LogP contribution in [0.15, 0.2) is 11.6 Å². The van der Waals surface area contributed by atoms with Crippen molar-refractivity contribution in [3.63, 3.8) is 0 Å². The third kappa shape index (κ3) is 2.81. The smallest absolute Gasteiger partial charge is 0.106 e. The molecular weight excluding hydrogens is 218 g/mol. The molecule has 1 aromatic rings. The van der Waals surface area contributed by atoms with E-state index in [9.17, 15) is 0 Å². The van der Waals surface area contributed by atoms with Gasteiger partial charge in [-0.15, -0.1) is 11.3 Å². The zero-order valence-electron chi connectivity index (χ0n) is 10.3. The van der Waals surface area contributed by atoms with Gasteiger partial charge in [0.25, 0.3) is 0 Å². The summed E-state index contributed by atoms with van der Waals surface area (Å²) in [6.45, 7) is 6.76. The van der Waals surface area contributed by atoms with E-state index in [1.165, 1.54) is 18.0 Å². The van der Waals surface area contributed by atoms with Crippen LogP contribution < -0.4 is 5.32 Å². The van der Waals surface area contributed by atoms with Crippen molar-refractivity contribution in [3.8, 4) is 0 Å². The van der Waals surface area contributed by atoms with Gasteiger partial charge in [-0.05, 0) is 26.3 Å². The Morgan fingerprint density at radius 1 is 1.56 bits per heavy atom. The van der Waals surface area contributed by atoms with E-state index in [0.29, 0.717) is 12.1 Å². The van der Waals surface area contributed by atoms with E-state index >= 15 is 0 Å². The Balaban J connectivity index is 1.85. The monoisotopic (exact) mass is 239 g/mol. The molecule has 0 bridgehead atoms. The Morgan fingerprint density at radius 3 is 3.06 bits per heavy atom. The van der Waals surface area contributed by atoms with Gasteiger partial charge in [-0.1, -0.05) is 6.92 Å². The third-order valence-corrected chi connectivity index (χ3v) is 4.39. The van der Waals surface area contributed by atoms with E-state index < -0.39 is 0 Å². The molecule has 0 aliphatic carbocycles. The fourth-order valence-electron chi connectivity index (χ4n) is 2.38. The van der Waals surface area contributed by atoms with Crippen molar-refractivity contribution in [3.05, 3.63) is 16.6 Å². The van der Waals surface area contributed by atoms with Crippen LogP contribution in [-0.2, 0) is 6.54 Å². The van der Waals surface area contributed by atoms with Crippen LogP contribution in [0.4, 0.5) is 0 Å². The minimum Gasteiger partial charge on any atom is -0.307 e. The summed E-state index contributed by atoms with van der Waals surface area (Å²) < 4.78 is 0. The second-order valence-corrected chi connectivity index (χ2v) is 5.89. The zero-order valence-corrected chi connectivity index (χ0v) is 11.1. The summed E-state index contributed by atoms with van der Waals surface area (Å²) in [5.41, 5.74) is 0. The molecule has 1 aliphatic heterocycles. The molecule has 0 saturated carbocycles. The minimum absolute atomic E-state index is 0.634. The van der Waals surface area contributed by atoms with Crippen molar-refractivity contribution in [1.82, 2.24) is 15.2 Å². The summed E-state index contributed by atoms with van der Waals surface area (Å²) in [6.07, 6.45) is 3.12. The largest absolute Gasteiger partial charge is 0.307 e. The van der Waals surface area contributed by atoms with Crippen molar-refractivity contribution < 1.29 is 0 Å². The molecule has 0 radical (unpaired) electrons. The molecule has 3 unspecified atom stereocenters. The van der Waals surface area contributed by atoms with Gasteiger partial charge in [0.05, 0.1) is 0 Å². The molecule has 90 valence electrons. The van der Waals surface area contributed by atoms with E-state index in [0.717, 1.165) is 12.5 Å². The van der Waals surface area contributed by atoms with Crippen LogP contribution in [0.3, 0.4) is 0 Å². The zero-order chi connectivity index (χ0) is 11.5. The summed E-state index contributed by atoms with van der Waals surface area (Å²) in [4.78, 5) is 6.76. The topological polar surface area (TPSA) is 28.2 Å². The van der Waals surface area contributed by atoms with Crippen LogP contribution in [0.2, 0.25) is 0 Å². The molecule has 0 spiro atoms. The van der Waals surface area contributed by atoms with Crippen molar-refractivity contribution in [1.29, 1.82) is 0 Å². The first-order chi connectivity index (χ1) is 7.66. The Labute approximate surface area is 102 Å². The number of hydrogen-bond donors (Lipinski definition) is 1. The maximum atomic E-state index is 4.31. The van der Waals surface area contributed by atoms with E-state index in [4.69, 9.17) is 0 Å². The molecule has 16 heavy (non-hydrogen) atoms. The minimum atomic E-state index is 0.634. The summed E-state index contributed by atoms with van der Waals surface area (Å²) in [7, 11) is 2.22. The molecule has 3 atom stereocenters. The molecule has 1 saturated heterocycles. The van der Waals surface area contributed by atoms with Gasteiger partial charge in [0.2, 0.25) is 0 Å². The van der Waals surface area contributed by atoms with Gasteiger partial charge in [0.15, 0.2) is 0 Å². The Bertz CT molecular complexity index is 312. The number of hydrogen-bond acceptors (Lipinski definition) is 4. The highest BCUT2D eigenvalue weighted by Gasteiger charge is 2.28. The second kappa shape index (κ2) is 5.25. The lowest BCUT2D eigenvalue weighted by Crippen LogP contribution is -2.50. The van der Waals surface area contributed by atoms with E-state index in [-0.39, 0.29) is 0 Å². The molecule has 4 heteroatoms. The number of piperidine rings is 1. The normalized spacial score (nSPS) is 31.8. The van der Waals surface area contributed by atoms with Crippen LogP contribution in [0.5, 0.6) is 0 Å². The number of nitrogens with one attached hydrogen (secondary N) is 1. The maximum absolute atomic E-state index is 4.31. The van der Waals surface area contributed by atoms with Crippen molar-refractivity contribution >= 4 is 11.3 Å². The summed E-state index contributed by atoms with van der Waals surface area (Å²) >= 11 is 1.73. The average molecular weight is 239 g/mol. The van der Waals surface area contributed by atoms with Gasteiger partial charge < -0.3 is 10.2 Å². The molecule has 0 aromatic carbocycles. The van der Waals surface area contributed by atoms with E-state index in [1.807, 2.05) is 11.6 Å². The standard InChI is InChI=1S/C12H21N3S/c1-9-8-15(3)10(2)6-11(9)14-7-12-13-4-5-16-12/h4-5,9-11,14H,6-8H2,1-3H3. The van der Waals surface area contributed by atoms with Crippen LogP contribution in [0.25, 0.3) is 0 Å². The maximum Gasteiger partial charge on any atom is 0.106 e. The molecule has 1 aliphatic rings. The molecule has 2 rings (SSSR count). The highest BCUT2D eigenvalue weighted by molar-refractivity contribution is 7.09. The van der Waals surface area contributed by atoms with Gasteiger partial charge >= 0.3 is 0 Å².